The summed E-state index contributed by atoms with van der Waals surface area (Å²) in [5.41, 5.74) is 1.27. The summed E-state index contributed by atoms with van der Waals surface area (Å²) in [5.74, 6) is 0.983. The Hall–Kier alpha value is -0.540. The maximum atomic E-state index is 5.84. The number of rotatable bonds is 11. The first-order valence-corrected chi connectivity index (χ1v) is 8.69. The third-order valence-corrected chi connectivity index (χ3v) is 4.05. The van der Waals surface area contributed by atoms with Gasteiger partial charge in [-0.2, -0.15) is 0 Å². The Balaban J connectivity index is 2.32. The van der Waals surface area contributed by atoms with Gasteiger partial charge in [-0.1, -0.05) is 55.5 Å². The summed E-state index contributed by atoms with van der Waals surface area (Å²) >= 11 is 3.60. The molecule has 0 saturated carbocycles. The number of unbranched alkanes of at least 4 members (excludes halogenated alkanes) is 4. The second-order valence-electron chi connectivity index (χ2n) is 5.19. The molecule has 1 rings (SSSR count). The van der Waals surface area contributed by atoms with Gasteiger partial charge in [-0.15, -0.1) is 0 Å². The molecular weight excluding hydrogens is 314 g/mol. The molecule has 1 aromatic rings. The van der Waals surface area contributed by atoms with E-state index >= 15 is 0 Å². The van der Waals surface area contributed by atoms with Crippen molar-refractivity contribution in [3.63, 3.8) is 0 Å². The summed E-state index contributed by atoms with van der Waals surface area (Å²) in [6, 6.07) is 6.26. The van der Waals surface area contributed by atoms with Gasteiger partial charge < -0.3 is 10.1 Å². The van der Waals surface area contributed by atoms with Crippen LogP contribution in [-0.4, -0.2) is 13.2 Å². The van der Waals surface area contributed by atoms with Gasteiger partial charge in [0.15, 0.2) is 0 Å². The third kappa shape index (κ3) is 7.30. The Morgan fingerprint density at radius 3 is 2.60 bits per heavy atom. The molecule has 0 atom stereocenters. The van der Waals surface area contributed by atoms with Gasteiger partial charge in [-0.3, -0.25) is 0 Å². The lowest BCUT2D eigenvalue weighted by molar-refractivity contribution is 0.304. The molecule has 20 heavy (non-hydrogen) atoms. The van der Waals surface area contributed by atoms with Crippen LogP contribution in [0.25, 0.3) is 0 Å². The van der Waals surface area contributed by atoms with Crippen molar-refractivity contribution in [2.24, 2.45) is 0 Å². The standard InChI is InChI=1S/C17H28BrNO/c1-3-5-6-7-8-12-20-16-9-10-17(18)15(13-16)14-19-11-4-2/h9-10,13,19H,3-8,11-12,14H2,1-2H3. The predicted octanol–water partition coefficient (Wildman–Crippen LogP) is 5.30. The topological polar surface area (TPSA) is 21.3 Å². The minimum Gasteiger partial charge on any atom is -0.494 e. The first kappa shape index (κ1) is 17.5. The number of benzene rings is 1. The number of halogens is 1. The average molecular weight is 342 g/mol. The van der Waals surface area contributed by atoms with Crippen molar-refractivity contribution in [3.05, 3.63) is 28.2 Å². The van der Waals surface area contributed by atoms with Gasteiger partial charge in [-0.05, 0) is 43.1 Å². The quantitative estimate of drug-likeness (QED) is 0.551. The van der Waals surface area contributed by atoms with E-state index in [1.807, 2.05) is 6.07 Å². The Morgan fingerprint density at radius 1 is 1.05 bits per heavy atom. The van der Waals surface area contributed by atoms with Gasteiger partial charge in [0.05, 0.1) is 6.61 Å². The lowest BCUT2D eigenvalue weighted by Crippen LogP contribution is -2.14. The lowest BCUT2D eigenvalue weighted by Gasteiger charge is -2.10. The van der Waals surface area contributed by atoms with Crippen LogP contribution in [-0.2, 0) is 6.54 Å². The van der Waals surface area contributed by atoms with Crippen LogP contribution in [0.1, 0.15) is 57.9 Å². The van der Waals surface area contributed by atoms with Crippen LogP contribution in [0.15, 0.2) is 22.7 Å². The monoisotopic (exact) mass is 341 g/mol. The van der Waals surface area contributed by atoms with Crippen molar-refractivity contribution in [2.45, 2.75) is 58.9 Å². The molecule has 0 aliphatic heterocycles. The normalized spacial score (nSPS) is 10.8. The van der Waals surface area contributed by atoms with Gasteiger partial charge in [0.2, 0.25) is 0 Å². The van der Waals surface area contributed by atoms with Crippen LogP contribution in [0.3, 0.4) is 0 Å². The molecule has 0 aromatic heterocycles. The van der Waals surface area contributed by atoms with E-state index in [1.165, 1.54) is 31.2 Å². The number of ether oxygens (including phenoxy) is 1. The highest BCUT2D eigenvalue weighted by molar-refractivity contribution is 9.10. The molecule has 0 radical (unpaired) electrons. The first-order chi connectivity index (χ1) is 9.77. The molecule has 0 fully saturated rings. The highest BCUT2D eigenvalue weighted by Gasteiger charge is 2.02. The maximum Gasteiger partial charge on any atom is 0.119 e. The van der Waals surface area contributed by atoms with Crippen LogP contribution in [0, 0.1) is 0 Å². The van der Waals surface area contributed by atoms with Crippen LogP contribution in [0.4, 0.5) is 0 Å². The molecule has 1 N–H and O–H groups in total. The Morgan fingerprint density at radius 2 is 1.85 bits per heavy atom. The zero-order valence-electron chi connectivity index (χ0n) is 12.9. The van der Waals surface area contributed by atoms with Crippen LogP contribution in [0.2, 0.25) is 0 Å². The van der Waals surface area contributed by atoms with Crippen molar-refractivity contribution in [2.75, 3.05) is 13.2 Å². The molecule has 114 valence electrons. The van der Waals surface area contributed by atoms with Crippen molar-refractivity contribution in [1.29, 1.82) is 0 Å². The van der Waals surface area contributed by atoms with Crippen molar-refractivity contribution in [1.82, 2.24) is 5.32 Å². The van der Waals surface area contributed by atoms with E-state index in [0.29, 0.717) is 0 Å². The van der Waals surface area contributed by atoms with E-state index < -0.39 is 0 Å². The molecule has 0 aliphatic carbocycles. The zero-order valence-corrected chi connectivity index (χ0v) is 14.5. The molecular formula is C17H28BrNO. The molecule has 1 aromatic carbocycles. The fraction of sp³-hybridized carbons (Fsp3) is 0.647. The zero-order chi connectivity index (χ0) is 14.6. The second kappa shape index (κ2) is 11.2. The molecule has 0 bridgehead atoms. The Kier molecular flexibility index (Phi) is 9.77. The predicted molar refractivity (Wildman–Crippen MR) is 90.4 cm³/mol. The number of nitrogens with one attached hydrogen (secondary N) is 1. The largest absolute Gasteiger partial charge is 0.494 e. The van der Waals surface area contributed by atoms with Gasteiger partial charge in [0.25, 0.3) is 0 Å². The smallest absolute Gasteiger partial charge is 0.119 e. The fourth-order valence-electron chi connectivity index (χ4n) is 2.07. The molecule has 0 heterocycles. The van der Waals surface area contributed by atoms with Crippen molar-refractivity contribution >= 4 is 15.9 Å². The van der Waals surface area contributed by atoms with E-state index in [1.54, 1.807) is 0 Å². The molecule has 0 aliphatic rings. The van der Waals surface area contributed by atoms with E-state index in [2.05, 4.69) is 47.2 Å². The van der Waals surface area contributed by atoms with E-state index in [9.17, 15) is 0 Å². The minimum absolute atomic E-state index is 0.827. The molecule has 3 heteroatoms. The lowest BCUT2D eigenvalue weighted by atomic mass is 10.2. The summed E-state index contributed by atoms with van der Waals surface area (Å²) in [6.45, 7) is 7.19. The van der Waals surface area contributed by atoms with Crippen LogP contribution in [0.5, 0.6) is 5.75 Å². The minimum atomic E-state index is 0.827. The number of hydrogen-bond donors (Lipinski definition) is 1. The van der Waals surface area contributed by atoms with Crippen LogP contribution >= 0.6 is 15.9 Å². The third-order valence-electron chi connectivity index (χ3n) is 3.28. The summed E-state index contributed by atoms with van der Waals surface area (Å²) in [6.07, 6.45) is 7.54. The van der Waals surface area contributed by atoms with Gasteiger partial charge in [-0.25, -0.2) is 0 Å². The maximum absolute atomic E-state index is 5.84. The highest BCUT2D eigenvalue weighted by atomic mass is 79.9. The van der Waals surface area contributed by atoms with Crippen LogP contribution < -0.4 is 10.1 Å². The molecule has 0 spiro atoms. The molecule has 0 saturated heterocycles. The van der Waals surface area contributed by atoms with Gasteiger partial charge >= 0.3 is 0 Å². The number of hydrogen-bond acceptors (Lipinski definition) is 2. The highest BCUT2D eigenvalue weighted by Crippen LogP contribution is 2.22. The Labute approximate surface area is 132 Å². The molecule has 0 unspecified atom stereocenters. The van der Waals surface area contributed by atoms with E-state index in [-0.39, 0.29) is 0 Å². The molecule has 0 amide bonds. The summed E-state index contributed by atoms with van der Waals surface area (Å²) in [7, 11) is 0. The summed E-state index contributed by atoms with van der Waals surface area (Å²) < 4.78 is 6.99. The molecule has 2 nitrogen and oxygen atoms in total. The second-order valence-corrected chi connectivity index (χ2v) is 6.05. The van der Waals surface area contributed by atoms with E-state index in [4.69, 9.17) is 4.74 Å². The summed E-state index contributed by atoms with van der Waals surface area (Å²) in [5, 5.41) is 3.42. The fourth-order valence-corrected chi connectivity index (χ4v) is 2.46. The summed E-state index contributed by atoms with van der Waals surface area (Å²) in [4.78, 5) is 0. The van der Waals surface area contributed by atoms with Crippen molar-refractivity contribution < 1.29 is 4.74 Å². The van der Waals surface area contributed by atoms with Crippen molar-refractivity contribution in [3.8, 4) is 5.75 Å². The van der Waals surface area contributed by atoms with Gasteiger partial charge in [0, 0.05) is 11.0 Å². The van der Waals surface area contributed by atoms with E-state index in [0.717, 1.165) is 42.8 Å². The average Bonchev–Trinajstić information content (AvgIpc) is 2.46. The SMILES string of the molecule is CCCCCCCOc1ccc(Br)c(CNCCC)c1. The van der Waals surface area contributed by atoms with Gasteiger partial charge in [0.1, 0.15) is 5.75 Å². The first-order valence-electron chi connectivity index (χ1n) is 7.89. The Bertz CT molecular complexity index is 368.